The van der Waals surface area contributed by atoms with E-state index in [0.717, 1.165) is 0 Å². The molecule has 0 atom stereocenters. The summed E-state index contributed by atoms with van der Waals surface area (Å²) in [5.74, 6) is -0.216. The van der Waals surface area contributed by atoms with Gasteiger partial charge in [-0.1, -0.05) is 48.5 Å². The second-order valence-electron chi connectivity index (χ2n) is 7.14. The average Bonchev–Trinajstić information content (AvgIpc) is 2.88. The molecule has 0 aromatic heterocycles. The van der Waals surface area contributed by atoms with Crippen LogP contribution in [-0.4, -0.2) is 22.3 Å². The van der Waals surface area contributed by atoms with Crippen LogP contribution in [0.3, 0.4) is 0 Å². The maximum absolute atomic E-state index is 11.4. The van der Waals surface area contributed by atoms with E-state index in [2.05, 4.69) is 9.98 Å². The predicted molar refractivity (Wildman–Crippen MR) is 132 cm³/mol. The first-order valence-corrected chi connectivity index (χ1v) is 10.4. The van der Waals surface area contributed by atoms with Crippen molar-refractivity contribution in [1.29, 1.82) is 0 Å². The van der Waals surface area contributed by atoms with Crippen LogP contribution in [0, 0.1) is 20.2 Å². The van der Waals surface area contributed by atoms with Gasteiger partial charge in [0.25, 0.3) is 11.4 Å². The van der Waals surface area contributed by atoms with E-state index in [-0.39, 0.29) is 42.4 Å². The van der Waals surface area contributed by atoms with Gasteiger partial charge in [-0.05, 0) is 35.4 Å². The summed E-state index contributed by atoms with van der Waals surface area (Å²) in [4.78, 5) is 28.2. The molecule has 0 bridgehead atoms. The van der Waals surface area contributed by atoms with Gasteiger partial charge in [-0.15, -0.1) is 11.5 Å². The van der Waals surface area contributed by atoms with Gasteiger partial charge in [-0.2, -0.15) is 0 Å². The van der Waals surface area contributed by atoms with E-state index in [0.29, 0.717) is 22.5 Å². The molecule has 0 saturated heterocycles. The Kier molecular flexibility index (Phi) is 10.7. The molecule has 0 aliphatic rings. The summed E-state index contributed by atoms with van der Waals surface area (Å²) in [7, 11) is 0. The molecule has 4 rings (SSSR count). The molecule has 0 radical (unpaired) electrons. The number of rotatable bonds is 6. The van der Waals surface area contributed by atoms with Crippen LogP contribution >= 0.6 is 0 Å². The minimum atomic E-state index is -0.472. The molecule has 0 amide bonds. The SMILES string of the molecule is O=[N+]([O-])c1ccc(N=Cc2ccccc2[O-])cc1.O=[N+]([O-])c1ccc(N=Cc2ccccc2[O-])cc1.[Zn+2]. The van der Waals surface area contributed by atoms with Crippen LogP contribution in [0.15, 0.2) is 107 Å². The number of hydrogen-bond donors (Lipinski definition) is 0. The van der Waals surface area contributed by atoms with Crippen LogP contribution in [0.1, 0.15) is 11.1 Å². The zero-order chi connectivity index (χ0) is 25.9. The van der Waals surface area contributed by atoms with Crippen molar-refractivity contribution in [3.05, 3.63) is 128 Å². The van der Waals surface area contributed by atoms with Gasteiger partial charge < -0.3 is 10.2 Å². The second kappa shape index (κ2) is 14.0. The van der Waals surface area contributed by atoms with Gasteiger partial charge in [0.1, 0.15) is 0 Å². The van der Waals surface area contributed by atoms with Crippen molar-refractivity contribution < 1.29 is 39.5 Å². The zero-order valence-electron chi connectivity index (χ0n) is 19.3. The standard InChI is InChI=1S/2C13H10N2O3.Zn/c2*16-13-4-2-1-3-10(13)9-14-11-5-7-12(8-6-11)15(17)18;/h2*1-9,16H;/q;;+2/p-2. The van der Waals surface area contributed by atoms with Gasteiger partial charge in [0.05, 0.1) is 21.2 Å². The fourth-order valence-corrected chi connectivity index (χ4v) is 2.78. The molecule has 0 saturated carbocycles. The van der Waals surface area contributed by atoms with Crippen LogP contribution in [0.4, 0.5) is 22.7 Å². The first-order valence-electron chi connectivity index (χ1n) is 10.4. The van der Waals surface area contributed by atoms with Crippen LogP contribution in [0.2, 0.25) is 0 Å². The Bertz CT molecular complexity index is 1300. The largest absolute Gasteiger partial charge is 2.00 e. The molecule has 0 unspecified atom stereocenters. The van der Waals surface area contributed by atoms with Crippen LogP contribution < -0.4 is 10.2 Å². The number of nitrogens with zero attached hydrogens (tertiary/aromatic N) is 4. The molecule has 11 heteroatoms. The van der Waals surface area contributed by atoms with Gasteiger partial charge in [0.15, 0.2) is 0 Å². The maximum Gasteiger partial charge on any atom is 2.00 e. The fraction of sp³-hybridized carbons (Fsp3) is 0. The quantitative estimate of drug-likeness (QED) is 0.145. The zero-order valence-corrected chi connectivity index (χ0v) is 22.3. The molecule has 180 valence electrons. The Labute approximate surface area is 224 Å². The summed E-state index contributed by atoms with van der Waals surface area (Å²) in [5, 5.41) is 43.7. The monoisotopic (exact) mass is 546 g/mol. The Morgan fingerprint density at radius 3 is 1.16 bits per heavy atom. The van der Waals surface area contributed by atoms with Crippen molar-refractivity contribution in [3.8, 4) is 11.5 Å². The van der Waals surface area contributed by atoms with E-state index in [9.17, 15) is 30.4 Å². The Hall–Kier alpha value is -4.76. The average molecular weight is 548 g/mol. The summed E-state index contributed by atoms with van der Waals surface area (Å²) in [6.45, 7) is 0. The topological polar surface area (TPSA) is 157 Å². The molecule has 0 heterocycles. The third kappa shape index (κ3) is 8.75. The van der Waals surface area contributed by atoms with E-state index >= 15 is 0 Å². The van der Waals surface area contributed by atoms with E-state index < -0.39 is 9.85 Å². The second-order valence-corrected chi connectivity index (χ2v) is 7.14. The summed E-state index contributed by atoms with van der Waals surface area (Å²) in [6, 6.07) is 24.7. The van der Waals surface area contributed by atoms with Crippen molar-refractivity contribution in [3.63, 3.8) is 0 Å². The van der Waals surface area contributed by atoms with Crippen LogP contribution in [0.25, 0.3) is 0 Å². The molecule has 0 aliphatic carbocycles. The van der Waals surface area contributed by atoms with E-state index in [1.54, 1.807) is 36.4 Å². The fourth-order valence-electron chi connectivity index (χ4n) is 2.78. The van der Waals surface area contributed by atoms with Crippen molar-refractivity contribution in [1.82, 2.24) is 0 Å². The molecule has 37 heavy (non-hydrogen) atoms. The van der Waals surface area contributed by atoms with E-state index in [1.807, 2.05) is 0 Å². The molecule has 0 fully saturated rings. The maximum atomic E-state index is 11.4. The molecule has 0 aliphatic heterocycles. The molecule has 0 N–H and O–H groups in total. The minimum Gasteiger partial charge on any atom is -0.872 e. The summed E-state index contributed by atoms with van der Waals surface area (Å²) >= 11 is 0. The molecule has 4 aromatic carbocycles. The number of aliphatic imine (C=N–C) groups is 2. The summed E-state index contributed by atoms with van der Waals surface area (Å²) in [6.07, 6.45) is 2.90. The van der Waals surface area contributed by atoms with Crippen LogP contribution in [-0.2, 0) is 19.5 Å². The number of para-hydroxylation sites is 2. The number of hydrogen-bond acceptors (Lipinski definition) is 8. The number of benzene rings is 4. The summed E-state index contributed by atoms with van der Waals surface area (Å²) < 4.78 is 0. The van der Waals surface area contributed by atoms with Crippen molar-refractivity contribution >= 4 is 35.2 Å². The van der Waals surface area contributed by atoms with Crippen molar-refractivity contribution in [2.24, 2.45) is 9.98 Å². The summed E-state index contributed by atoms with van der Waals surface area (Å²) in [5.41, 5.74) is 2.11. The van der Waals surface area contributed by atoms with Gasteiger partial charge in [0, 0.05) is 36.7 Å². The first-order chi connectivity index (χ1) is 17.3. The Balaban J connectivity index is 0.000000253. The first kappa shape index (κ1) is 28.5. The third-order valence-electron chi connectivity index (χ3n) is 4.66. The normalized spacial score (nSPS) is 10.4. The smallest absolute Gasteiger partial charge is 0.872 e. The van der Waals surface area contributed by atoms with E-state index in [1.165, 1.54) is 73.1 Å². The van der Waals surface area contributed by atoms with Gasteiger partial charge in [0.2, 0.25) is 0 Å². The number of nitro benzene ring substituents is 2. The van der Waals surface area contributed by atoms with Gasteiger partial charge >= 0.3 is 19.5 Å². The Morgan fingerprint density at radius 2 is 0.865 bits per heavy atom. The molecular formula is C26H18N4O6Zn. The molecule has 4 aromatic rings. The Morgan fingerprint density at radius 1 is 0.541 bits per heavy atom. The minimum absolute atomic E-state index is 0. The van der Waals surface area contributed by atoms with Gasteiger partial charge in [-0.25, -0.2) is 0 Å². The number of nitro groups is 2. The molecular weight excluding hydrogens is 530 g/mol. The van der Waals surface area contributed by atoms with Gasteiger partial charge in [-0.3, -0.25) is 30.2 Å². The third-order valence-corrected chi connectivity index (χ3v) is 4.66. The molecule has 0 spiro atoms. The van der Waals surface area contributed by atoms with E-state index in [4.69, 9.17) is 0 Å². The predicted octanol–water partition coefficient (Wildman–Crippen LogP) is 4.84. The van der Waals surface area contributed by atoms with Crippen molar-refractivity contribution in [2.75, 3.05) is 0 Å². The number of non-ortho nitro benzene ring substituents is 2. The van der Waals surface area contributed by atoms with Crippen LogP contribution in [0.5, 0.6) is 11.5 Å². The molecule has 10 nitrogen and oxygen atoms in total. The van der Waals surface area contributed by atoms with Crippen molar-refractivity contribution in [2.45, 2.75) is 0 Å².